The van der Waals surface area contributed by atoms with E-state index in [9.17, 15) is 4.79 Å². The predicted octanol–water partition coefficient (Wildman–Crippen LogP) is 0.781. The van der Waals surface area contributed by atoms with Gasteiger partial charge in [-0.25, -0.2) is 0 Å². The van der Waals surface area contributed by atoms with E-state index in [1.54, 1.807) is 5.06 Å². The third kappa shape index (κ3) is 4.24. The number of hydrogen-bond acceptors (Lipinski definition) is 4. The molecule has 0 N–H and O–H groups in total. The first-order chi connectivity index (χ1) is 6.33. The van der Waals surface area contributed by atoms with Gasteiger partial charge in [-0.15, -0.1) is 5.06 Å². The van der Waals surface area contributed by atoms with Gasteiger partial charge in [-0.1, -0.05) is 13.3 Å². The molecule has 1 rings (SSSR count). The van der Waals surface area contributed by atoms with Crippen LogP contribution in [0.25, 0.3) is 0 Å². The summed E-state index contributed by atoms with van der Waals surface area (Å²) in [6, 6.07) is 0. The van der Waals surface area contributed by atoms with Gasteiger partial charge < -0.3 is 9.57 Å². The van der Waals surface area contributed by atoms with Crippen LogP contribution in [0.2, 0.25) is 0 Å². The van der Waals surface area contributed by atoms with Crippen molar-refractivity contribution in [3.63, 3.8) is 0 Å². The summed E-state index contributed by atoms with van der Waals surface area (Å²) in [5.41, 5.74) is 0. The second-order valence-electron chi connectivity index (χ2n) is 2.96. The van der Waals surface area contributed by atoms with Crippen LogP contribution in [0.15, 0.2) is 0 Å². The van der Waals surface area contributed by atoms with Gasteiger partial charge in [0.2, 0.25) is 0 Å². The third-order valence-electron chi connectivity index (χ3n) is 1.83. The van der Waals surface area contributed by atoms with E-state index in [4.69, 9.17) is 9.57 Å². The molecule has 1 radical (unpaired) electrons. The Morgan fingerprint density at radius 2 is 2.15 bits per heavy atom. The summed E-state index contributed by atoms with van der Waals surface area (Å²) < 4.78 is 5.12. The molecule has 1 fully saturated rings. The summed E-state index contributed by atoms with van der Waals surface area (Å²) in [6.45, 7) is 6.30. The lowest BCUT2D eigenvalue weighted by atomic mass is 10.3. The topological polar surface area (TPSA) is 38.8 Å². The van der Waals surface area contributed by atoms with Crippen LogP contribution < -0.4 is 0 Å². The zero-order valence-corrected chi connectivity index (χ0v) is 7.83. The molecular weight excluding hydrogens is 170 g/mol. The van der Waals surface area contributed by atoms with Gasteiger partial charge in [0, 0.05) is 6.42 Å². The van der Waals surface area contributed by atoms with Crippen LogP contribution >= 0.6 is 0 Å². The highest BCUT2D eigenvalue weighted by atomic mass is 16.7. The Bertz CT molecular complexity index is 155. The molecule has 0 aromatic carbocycles. The Morgan fingerprint density at radius 3 is 2.77 bits per heavy atom. The van der Waals surface area contributed by atoms with Crippen molar-refractivity contribution in [3.8, 4) is 0 Å². The SMILES string of the molecule is [CH2]CCCC(=O)ON1CCOCC1. The van der Waals surface area contributed by atoms with E-state index < -0.39 is 0 Å². The first kappa shape index (κ1) is 10.5. The van der Waals surface area contributed by atoms with Gasteiger partial charge >= 0.3 is 5.97 Å². The minimum atomic E-state index is -0.162. The van der Waals surface area contributed by atoms with Crippen molar-refractivity contribution in [2.45, 2.75) is 19.3 Å². The van der Waals surface area contributed by atoms with Gasteiger partial charge in [0.05, 0.1) is 26.3 Å². The molecule has 0 aromatic heterocycles. The van der Waals surface area contributed by atoms with Gasteiger partial charge in [0.1, 0.15) is 0 Å². The first-order valence-electron chi connectivity index (χ1n) is 4.65. The molecule has 4 nitrogen and oxygen atoms in total. The lowest BCUT2D eigenvalue weighted by Crippen LogP contribution is -2.37. The Hall–Kier alpha value is -0.610. The van der Waals surface area contributed by atoms with Crippen LogP contribution in [-0.4, -0.2) is 37.3 Å². The highest BCUT2D eigenvalue weighted by molar-refractivity contribution is 5.68. The molecule has 0 unspecified atom stereocenters. The summed E-state index contributed by atoms with van der Waals surface area (Å²) >= 11 is 0. The highest BCUT2D eigenvalue weighted by Gasteiger charge is 2.14. The number of carbonyl (C=O) groups is 1. The number of hydroxylamine groups is 2. The van der Waals surface area contributed by atoms with Crippen molar-refractivity contribution in [2.75, 3.05) is 26.3 Å². The summed E-state index contributed by atoms with van der Waals surface area (Å²) in [6.07, 6.45) is 2.03. The van der Waals surface area contributed by atoms with E-state index in [2.05, 4.69) is 6.92 Å². The molecule has 13 heavy (non-hydrogen) atoms. The molecule has 0 aromatic rings. The molecule has 75 valence electrons. The first-order valence-corrected chi connectivity index (χ1v) is 4.65. The standard InChI is InChI=1S/C9H16NO3/c1-2-3-4-9(11)13-10-5-7-12-8-6-10/h1-8H2. The van der Waals surface area contributed by atoms with Crippen molar-refractivity contribution in [1.29, 1.82) is 0 Å². The van der Waals surface area contributed by atoms with Gasteiger partial charge in [-0.3, -0.25) is 4.79 Å². The fourth-order valence-electron chi connectivity index (χ4n) is 1.10. The zero-order chi connectivity index (χ0) is 9.52. The molecule has 1 aliphatic rings. The number of rotatable bonds is 4. The van der Waals surface area contributed by atoms with E-state index >= 15 is 0 Å². The number of carbonyl (C=O) groups excluding carboxylic acids is 1. The van der Waals surface area contributed by atoms with Crippen molar-refractivity contribution >= 4 is 5.97 Å². The molecule has 0 bridgehead atoms. The number of nitrogens with zero attached hydrogens (tertiary/aromatic N) is 1. The average Bonchev–Trinajstić information content (AvgIpc) is 2.16. The van der Waals surface area contributed by atoms with Crippen molar-refractivity contribution in [2.24, 2.45) is 0 Å². The number of unbranched alkanes of at least 4 members (excludes halogenated alkanes) is 1. The average molecular weight is 186 g/mol. The monoisotopic (exact) mass is 186 g/mol. The Labute approximate surface area is 78.8 Å². The highest BCUT2D eigenvalue weighted by Crippen LogP contribution is 2.02. The normalized spacial score (nSPS) is 18.5. The van der Waals surface area contributed by atoms with Crippen LogP contribution in [0.3, 0.4) is 0 Å². The van der Waals surface area contributed by atoms with Crippen molar-refractivity contribution in [1.82, 2.24) is 5.06 Å². The molecule has 0 saturated carbocycles. The molecule has 1 aliphatic heterocycles. The van der Waals surface area contributed by atoms with E-state index in [1.807, 2.05) is 0 Å². The number of hydrogen-bond donors (Lipinski definition) is 0. The van der Waals surface area contributed by atoms with Crippen LogP contribution in [0.1, 0.15) is 19.3 Å². The molecule has 1 saturated heterocycles. The second-order valence-corrected chi connectivity index (χ2v) is 2.96. The molecular formula is C9H16NO3. The molecule has 1 heterocycles. The zero-order valence-electron chi connectivity index (χ0n) is 7.83. The van der Waals surface area contributed by atoms with Gasteiger partial charge in [-0.2, -0.15) is 0 Å². The van der Waals surface area contributed by atoms with Gasteiger partial charge in [0.25, 0.3) is 0 Å². The molecule has 0 aliphatic carbocycles. The second kappa shape index (κ2) is 5.94. The summed E-state index contributed by atoms with van der Waals surface area (Å²) in [7, 11) is 0. The van der Waals surface area contributed by atoms with Crippen LogP contribution in [0.4, 0.5) is 0 Å². The van der Waals surface area contributed by atoms with E-state index in [1.165, 1.54) is 0 Å². The maximum atomic E-state index is 11.1. The number of morpholine rings is 1. The summed E-state index contributed by atoms with van der Waals surface area (Å²) in [4.78, 5) is 16.2. The maximum Gasteiger partial charge on any atom is 0.325 e. The lowest BCUT2D eigenvalue weighted by Gasteiger charge is -2.24. The van der Waals surface area contributed by atoms with Gasteiger partial charge in [0.15, 0.2) is 0 Å². The Kier molecular flexibility index (Phi) is 4.78. The van der Waals surface area contributed by atoms with Gasteiger partial charge in [-0.05, 0) is 6.42 Å². The summed E-state index contributed by atoms with van der Waals surface area (Å²) in [5.74, 6) is -0.162. The van der Waals surface area contributed by atoms with E-state index in [-0.39, 0.29) is 5.97 Å². The van der Waals surface area contributed by atoms with Crippen LogP contribution in [-0.2, 0) is 14.4 Å². The largest absolute Gasteiger partial charge is 0.379 e. The molecule has 0 amide bonds. The molecule has 0 atom stereocenters. The maximum absolute atomic E-state index is 11.1. The Balaban J connectivity index is 2.11. The molecule has 0 spiro atoms. The van der Waals surface area contributed by atoms with Crippen LogP contribution in [0, 0.1) is 6.92 Å². The minimum absolute atomic E-state index is 0.162. The van der Waals surface area contributed by atoms with E-state index in [0.717, 1.165) is 12.8 Å². The fraction of sp³-hybridized carbons (Fsp3) is 0.778. The lowest BCUT2D eigenvalue weighted by molar-refractivity contribution is -0.205. The number of ether oxygens (including phenoxy) is 1. The van der Waals surface area contributed by atoms with Crippen LogP contribution in [0.5, 0.6) is 0 Å². The Morgan fingerprint density at radius 1 is 1.46 bits per heavy atom. The molecule has 4 heteroatoms. The van der Waals surface area contributed by atoms with E-state index in [0.29, 0.717) is 32.7 Å². The third-order valence-corrected chi connectivity index (χ3v) is 1.83. The van der Waals surface area contributed by atoms with Crippen molar-refractivity contribution in [3.05, 3.63) is 6.92 Å². The fourth-order valence-corrected chi connectivity index (χ4v) is 1.10. The summed E-state index contributed by atoms with van der Waals surface area (Å²) in [5, 5.41) is 1.66. The van der Waals surface area contributed by atoms with Crippen molar-refractivity contribution < 1.29 is 14.4 Å². The smallest absolute Gasteiger partial charge is 0.325 e. The quantitative estimate of drug-likeness (QED) is 0.650. The predicted molar refractivity (Wildman–Crippen MR) is 47.7 cm³/mol. The minimum Gasteiger partial charge on any atom is -0.379 e.